The molecule has 0 fully saturated rings. The topological polar surface area (TPSA) is 9.23 Å². The molecule has 0 N–H and O–H groups in total. The Labute approximate surface area is 130 Å². The number of halogens is 3. The van der Waals surface area contributed by atoms with Crippen LogP contribution in [-0.2, 0) is 0 Å². The third-order valence-electron chi connectivity index (χ3n) is 3.02. The van der Waals surface area contributed by atoms with E-state index < -0.39 is 0 Å². The van der Waals surface area contributed by atoms with Gasteiger partial charge in [0.15, 0.2) is 5.75 Å². The van der Waals surface area contributed by atoms with E-state index in [-0.39, 0.29) is 0 Å². The van der Waals surface area contributed by atoms with Crippen LogP contribution in [0.5, 0.6) is 11.5 Å². The van der Waals surface area contributed by atoms with E-state index in [1.165, 1.54) is 0 Å². The maximum absolute atomic E-state index is 6.21. The zero-order valence-corrected chi connectivity index (χ0v) is 13.3. The second kappa shape index (κ2) is 4.78. The van der Waals surface area contributed by atoms with Crippen LogP contribution in [0.2, 0.25) is 15.1 Å². The largest absolute Gasteiger partial charge is 0.453 e. The molecule has 19 heavy (non-hydrogen) atoms. The van der Waals surface area contributed by atoms with E-state index in [0.717, 1.165) is 31.7 Å². The Morgan fingerprint density at radius 1 is 0.947 bits per heavy atom. The van der Waals surface area contributed by atoms with E-state index in [9.17, 15) is 0 Å². The number of benzene rings is 2. The Balaban J connectivity index is 2.19. The molecule has 98 valence electrons. The Bertz CT molecular complexity index is 698. The Hall–Kier alpha value is -0.540. The molecule has 0 aliphatic carbocycles. The van der Waals surface area contributed by atoms with E-state index in [0.29, 0.717) is 15.8 Å². The number of hydrogen-bond acceptors (Lipinski definition) is 2. The average molecular weight is 332 g/mol. The summed E-state index contributed by atoms with van der Waals surface area (Å²) in [4.78, 5) is 1.93. The van der Waals surface area contributed by atoms with Crippen molar-refractivity contribution in [3.8, 4) is 11.5 Å². The van der Waals surface area contributed by atoms with E-state index in [1.54, 1.807) is 17.8 Å². The highest BCUT2D eigenvalue weighted by atomic mass is 35.5. The summed E-state index contributed by atoms with van der Waals surface area (Å²) in [6, 6.07) is 5.55. The van der Waals surface area contributed by atoms with Crippen molar-refractivity contribution < 1.29 is 4.74 Å². The fourth-order valence-corrected chi connectivity index (χ4v) is 3.85. The van der Waals surface area contributed by atoms with Gasteiger partial charge in [-0.05, 0) is 43.2 Å². The van der Waals surface area contributed by atoms with Crippen LogP contribution in [-0.4, -0.2) is 0 Å². The highest BCUT2D eigenvalue weighted by molar-refractivity contribution is 7.99. The summed E-state index contributed by atoms with van der Waals surface area (Å²) in [7, 11) is 0. The molecule has 0 amide bonds. The van der Waals surface area contributed by atoms with Crippen molar-refractivity contribution in [2.45, 2.75) is 23.6 Å². The number of hydrogen-bond donors (Lipinski definition) is 0. The molecule has 1 heterocycles. The summed E-state index contributed by atoms with van der Waals surface area (Å²) in [6.07, 6.45) is 0. The van der Waals surface area contributed by atoms with Gasteiger partial charge in [-0.15, -0.1) is 0 Å². The molecule has 1 aliphatic rings. The fraction of sp³-hybridized carbons (Fsp3) is 0.143. The smallest absolute Gasteiger partial charge is 0.160 e. The van der Waals surface area contributed by atoms with E-state index in [1.807, 2.05) is 26.0 Å². The molecule has 0 unspecified atom stereocenters. The predicted octanol–water partition coefficient (Wildman–Crippen LogP) is 6.52. The molecule has 2 aromatic rings. The monoisotopic (exact) mass is 330 g/mol. The lowest BCUT2D eigenvalue weighted by Gasteiger charge is -2.23. The molecule has 0 spiro atoms. The molecule has 0 saturated heterocycles. The molecule has 0 bridgehead atoms. The van der Waals surface area contributed by atoms with Crippen molar-refractivity contribution in [2.75, 3.05) is 0 Å². The van der Waals surface area contributed by atoms with Crippen LogP contribution in [0, 0.1) is 13.8 Å². The van der Waals surface area contributed by atoms with Gasteiger partial charge in [0.1, 0.15) is 5.75 Å². The van der Waals surface area contributed by atoms with Crippen molar-refractivity contribution in [3.63, 3.8) is 0 Å². The van der Waals surface area contributed by atoms with Crippen LogP contribution in [0.1, 0.15) is 11.1 Å². The molecule has 3 rings (SSSR count). The van der Waals surface area contributed by atoms with Crippen LogP contribution in [0.15, 0.2) is 28.0 Å². The SMILES string of the molecule is Cc1cc2c(cc1Cl)Sc1c(C)c(Cl)cc(Cl)c1O2. The van der Waals surface area contributed by atoms with Gasteiger partial charge in [0.05, 0.1) is 14.8 Å². The zero-order valence-electron chi connectivity index (χ0n) is 10.2. The summed E-state index contributed by atoms with van der Waals surface area (Å²) in [5.41, 5.74) is 1.94. The van der Waals surface area contributed by atoms with Gasteiger partial charge in [-0.25, -0.2) is 0 Å². The average Bonchev–Trinajstić information content (AvgIpc) is 2.36. The van der Waals surface area contributed by atoms with Crippen LogP contribution in [0.3, 0.4) is 0 Å². The first-order valence-electron chi connectivity index (χ1n) is 5.62. The van der Waals surface area contributed by atoms with Crippen LogP contribution in [0.25, 0.3) is 0 Å². The maximum atomic E-state index is 6.21. The summed E-state index contributed by atoms with van der Waals surface area (Å²) in [5.74, 6) is 1.45. The summed E-state index contributed by atoms with van der Waals surface area (Å²) in [6.45, 7) is 3.90. The Morgan fingerprint density at radius 2 is 1.68 bits per heavy atom. The number of rotatable bonds is 0. The first-order chi connectivity index (χ1) is 8.97. The van der Waals surface area contributed by atoms with Crippen molar-refractivity contribution in [1.29, 1.82) is 0 Å². The lowest BCUT2D eigenvalue weighted by atomic mass is 10.2. The molecular weight excluding hydrogens is 323 g/mol. The second-order valence-corrected chi connectivity index (χ2v) is 6.65. The Kier molecular flexibility index (Phi) is 3.38. The molecule has 0 radical (unpaired) electrons. The van der Waals surface area contributed by atoms with Gasteiger partial charge in [0, 0.05) is 10.0 Å². The first-order valence-corrected chi connectivity index (χ1v) is 7.57. The lowest BCUT2D eigenvalue weighted by Crippen LogP contribution is -1.99. The van der Waals surface area contributed by atoms with Gasteiger partial charge in [0.25, 0.3) is 0 Å². The third kappa shape index (κ3) is 2.21. The highest BCUT2D eigenvalue weighted by Gasteiger charge is 2.24. The van der Waals surface area contributed by atoms with Gasteiger partial charge in [0.2, 0.25) is 0 Å². The van der Waals surface area contributed by atoms with Crippen molar-refractivity contribution in [1.82, 2.24) is 0 Å². The lowest BCUT2D eigenvalue weighted by molar-refractivity contribution is 0.453. The maximum Gasteiger partial charge on any atom is 0.160 e. The van der Waals surface area contributed by atoms with Crippen LogP contribution < -0.4 is 4.74 Å². The van der Waals surface area contributed by atoms with Crippen molar-refractivity contribution >= 4 is 46.6 Å². The van der Waals surface area contributed by atoms with Crippen LogP contribution >= 0.6 is 46.6 Å². The van der Waals surface area contributed by atoms with Crippen LogP contribution in [0.4, 0.5) is 0 Å². The molecular formula is C14H9Cl3OS. The van der Waals surface area contributed by atoms with Crippen molar-refractivity contribution in [2.24, 2.45) is 0 Å². The van der Waals surface area contributed by atoms with Crippen molar-refractivity contribution in [3.05, 3.63) is 44.4 Å². The van der Waals surface area contributed by atoms with Gasteiger partial charge in [-0.2, -0.15) is 0 Å². The number of fused-ring (bicyclic) bond motifs is 2. The number of ether oxygens (including phenoxy) is 1. The van der Waals surface area contributed by atoms with E-state index in [2.05, 4.69) is 0 Å². The summed E-state index contributed by atoms with van der Waals surface area (Å²) in [5, 5.41) is 1.89. The molecule has 1 nitrogen and oxygen atoms in total. The minimum Gasteiger partial charge on any atom is -0.453 e. The van der Waals surface area contributed by atoms with Gasteiger partial charge >= 0.3 is 0 Å². The first kappa shape index (κ1) is 13.4. The quantitative estimate of drug-likeness (QED) is 0.463. The fourth-order valence-electron chi connectivity index (χ4n) is 1.91. The standard InChI is InChI=1S/C14H9Cl3OS/c1-6-3-11-12(5-8(6)15)19-14-7(2)9(16)4-10(17)13(14)18-11/h3-5H,1-2H3. The third-order valence-corrected chi connectivity index (χ3v) is 5.34. The minimum absolute atomic E-state index is 0.524. The Morgan fingerprint density at radius 3 is 2.42 bits per heavy atom. The molecule has 1 aliphatic heterocycles. The summed E-state index contributed by atoms with van der Waals surface area (Å²) < 4.78 is 5.91. The highest BCUT2D eigenvalue weighted by Crippen LogP contribution is 2.53. The summed E-state index contributed by atoms with van der Waals surface area (Å²) >= 11 is 20.1. The van der Waals surface area contributed by atoms with E-state index in [4.69, 9.17) is 39.5 Å². The molecule has 0 saturated carbocycles. The molecule has 2 aromatic carbocycles. The second-order valence-electron chi connectivity index (χ2n) is 4.38. The minimum atomic E-state index is 0.524. The molecule has 0 atom stereocenters. The molecule has 5 heteroatoms. The molecule has 0 aromatic heterocycles. The number of aryl methyl sites for hydroxylation is 1. The normalized spacial score (nSPS) is 12.7. The van der Waals surface area contributed by atoms with Gasteiger partial charge in [-0.3, -0.25) is 0 Å². The van der Waals surface area contributed by atoms with Gasteiger partial charge < -0.3 is 4.74 Å². The zero-order chi connectivity index (χ0) is 13.7. The van der Waals surface area contributed by atoms with Gasteiger partial charge in [-0.1, -0.05) is 46.6 Å². The van der Waals surface area contributed by atoms with E-state index >= 15 is 0 Å². The predicted molar refractivity (Wildman–Crippen MR) is 81.6 cm³/mol.